The number of hydrogen-bond acceptors (Lipinski definition) is 6. The van der Waals surface area contributed by atoms with Crippen LogP contribution in [0.5, 0.6) is 0 Å². The number of hydrogen-bond donors (Lipinski definition) is 0. The average Bonchev–Trinajstić information content (AvgIpc) is 3.16. The van der Waals surface area contributed by atoms with Gasteiger partial charge in [0, 0.05) is 24.3 Å². The molecule has 2 spiro atoms. The Hall–Kier alpha value is -0.500. The highest BCUT2D eigenvalue weighted by atomic mass is 32.2. The summed E-state index contributed by atoms with van der Waals surface area (Å²) in [5.74, 6) is 2.00. The van der Waals surface area contributed by atoms with Crippen LogP contribution in [-0.4, -0.2) is 58.6 Å². The van der Waals surface area contributed by atoms with E-state index in [1.54, 1.807) is 16.7 Å². The van der Waals surface area contributed by atoms with Gasteiger partial charge in [-0.2, -0.15) is 0 Å². The molecule has 0 N–H and O–H groups in total. The molecule has 1 unspecified atom stereocenters. The summed E-state index contributed by atoms with van der Waals surface area (Å²) < 4.78 is 25.7. The monoisotopic (exact) mass is 467 g/mol. The summed E-state index contributed by atoms with van der Waals surface area (Å²) in [4.78, 5) is 14.3. The third kappa shape index (κ3) is 3.06. The molecule has 1 amide bonds. The first-order valence-corrected chi connectivity index (χ1v) is 13.7. The molecule has 4 aliphatic heterocycles. The Kier molecular flexibility index (Phi) is 5.64. The van der Waals surface area contributed by atoms with E-state index in [0.29, 0.717) is 30.3 Å². The third-order valence-corrected chi connectivity index (χ3v) is 10.3. The lowest BCUT2D eigenvalue weighted by Gasteiger charge is -2.51. The smallest absolute Gasteiger partial charge is 0.410 e. The molecule has 7 heteroatoms. The van der Waals surface area contributed by atoms with Crippen LogP contribution in [0.1, 0.15) is 74.1 Å². The molecular weight excluding hydrogens is 426 g/mol. The number of carbonyl (C=O) groups is 1. The van der Waals surface area contributed by atoms with E-state index in [1.165, 1.54) is 19.3 Å². The van der Waals surface area contributed by atoms with Crippen molar-refractivity contribution in [1.82, 2.24) is 4.90 Å². The van der Waals surface area contributed by atoms with Gasteiger partial charge in [0.2, 0.25) is 5.79 Å². The molecule has 6 rings (SSSR count). The molecular formula is C25H41NO5S. The second-order valence-corrected chi connectivity index (χ2v) is 12.8. The van der Waals surface area contributed by atoms with E-state index in [4.69, 9.17) is 18.9 Å². The molecule has 0 radical (unpaired) electrons. The van der Waals surface area contributed by atoms with E-state index in [2.05, 4.69) is 20.8 Å². The molecule has 0 aromatic heterocycles. The molecule has 2 aliphatic carbocycles. The van der Waals surface area contributed by atoms with Gasteiger partial charge < -0.3 is 23.8 Å². The summed E-state index contributed by atoms with van der Waals surface area (Å²) in [5.41, 5.74) is 0.0831. The van der Waals surface area contributed by atoms with Crippen LogP contribution in [0.15, 0.2) is 0 Å². The van der Waals surface area contributed by atoms with Crippen LogP contribution in [0.25, 0.3) is 0 Å². The van der Waals surface area contributed by atoms with Gasteiger partial charge in [0.1, 0.15) is 18.1 Å². The quantitative estimate of drug-likeness (QED) is 0.497. The molecule has 4 heterocycles. The summed E-state index contributed by atoms with van der Waals surface area (Å²) in [6.07, 6.45) is 4.51. The van der Waals surface area contributed by atoms with Crippen molar-refractivity contribution in [2.75, 3.05) is 12.4 Å². The lowest BCUT2D eigenvalue weighted by Crippen LogP contribution is -2.53. The highest BCUT2D eigenvalue weighted by Crippen LogP contribution is 2.83. The number of rotatable bonds is 6. The molecule has 2 saturated carbocycles. The fraction of sp³-hybridized carbons (Fsp3) is 0.960. The van der Waals surface area contributed by atoms with Crippen molar-refractivity contribution in [3.63, 3.8) is 0 Å². The number of thioether (sulfide) groups is 1. The lowest BCUT2D eigenvalue weighted by atomic mass is 9.59. The Labute approximate surface area is 197 Å². The van der Waals surface area contributed by atoms with Crippen LogP contribution < -0.4 is 0 Å². The Morgan fingerprint density at radius 3 is 2.50 bits per heavy atom. The van der Waals surface area contributed by atoms with Gasteiger partial charge in [-0.3, -0.25) is 0 Å². The minimum absolute atomic E-state index is 0.0403. The van der Waals surface area contributed by atoms with Gasteiger partial charge in [-0.15, -0.1) is 11.8 Å². The molecule has 6 nitrogen and oxygen atoms in total. The minimum atomic E-state index is -0.560. The van der Waals surface area contributed by atoms with E-state index < -0.39 is 11.6 Å². The summed E-state index contributed by atoms with van der Waals surface area (Å²) in [7, 11) is 0. The van der Waals surface area contributed by atoms with Crippen LogP contribution in [-0.2, 0) is 18.9 Å². The van der Waals surface area contributed by atoms with Crippen molar-refractivity contribution in [1.29, 1.82) is 0 Å². The van der Waals surface area contributed by atoms with Gasteiger partial charge in [0.05, 0.1) is 5.41 Å². The van der Waals surface area contributed by atoms with E-state index in [0.717, 1.165) is 12.2 Å². The highest BCUT2D eigenvalue weighted by molar-refractivity contribution is 7.99. The highest BCUT2D eigenvalue weighted by Gasteiger charge is 2.94. The van der Waals surface area contributed by atoms with Gasteiger partial charge >= 0.3 is 6.09 Å². The Morgan fingerprint density at radius 1 is 1.09 bits per heavy atom. The number of amides is 1. The van der Waals surface area contributed by atoms with Gasteiger partial charge in [-0.1, -0.05) is 20.3 Å². The molecule has 32 heavy (non-hydrogen) atoms. The second kappa shape index (κ2) is 7.76. The molecule has 6 fully saturated rings. The van der Waals surface area contributed by atoms with Crippen LogP contribution in [0, 0.1) is 29.1 Å². The number of nitrogens with zero attached hydrogens (tertiary/aromatic N) is 1. The summed E-state index contributed by atoms with van der Waals surface area (Å²) in [6, 6.07) is 0.252. The molecule has 6 aliphatic rings. The predicted molar refractivity (Wildman–Crippen MR) is 124 cm³/mol. The van der Waals surface area contributed by atoms with Gasteiger partial charge in [0.25, 0.3) is 0 Å². The maximum Gasteiger partial charge on any atom is 0.410 e. The number of fused-ring (bicyclic) bond motifs is 1. The van der Waals surface area contributed by atoms with Crippen molar-refractivity contribution in [2.45, 2.75) is 109 Å². The lowest BCUT2D eigenvalue weighted by molar-refractivity contribution is -0.311. The summed E-state index contributed by atoms with van der Waals surface area (Å²) in [6.45, 7) is 15.3. The van der Waals surface area contributed by atoms with E-state index in [1.807, 2.05) is 27.7 Å². The molecule has 182 valence electrons. The zero-order valence-corrected chi connectivity index (χ0v) is 21.6. The number of ether oxygens (including phenoxy) is 4. The Morgan fingerprint density at radius 2 is 1.81 bits per heavy atom. The summed E-state index contributed by atoms with van der Waals surface area (Å²) >= 11 is 1.77. The standard InChI is InChI=1S/C25H41NO5S/c1-14(2)26(15(3)4)22(27)28-12-13-32-20-17(6)19-9-8-16(5)18-10-11-23(7)30-21-24(18,19)25(21,29-20)31-23/h14-21H,8-13H2,1-7H3/t16-,17-,18+,19+,20+,21?,23+,24+,25+/m1/s1. The van der Waals surface area contributed by atoms with Crippen molar-refractivity contribution in [3.05, 3.63) is 0 Å². The molecule has 9 atom stereocenters. The summed E-state index contributed by atoms with van der Waals surface area (Å²) in [5, 5.41) is 0. The normalized spacial score (nSPS) is 48.4. The third-order valence-electron chi connectivity index (χ3n) is 9.06. The van der Waals surface area contributed by atoms with Gasteiger partial charge in [0.15, 0.2) is 5.79 Å². The van der Waals surface area contributed by atoms with E-state index in [-0.39, 0.29) is 35.1 Å². The molecule has 4 saturated heterocycles. The van der Waals surface area contributed by atoms with Crippen molar-refractivity contribution < 1.29 is 23.7 Å². The van der Waals surface area contributed by atoms with Crippen LogP contribution in [0.4, 0.5) is 4.79 Å². The van der Waals surface area contributed by atoms with E-state index in [9.17, 15) is 4.79 Å². The first-order chi connectivity index (χ1) is 15.1. The van der Waals surface area contributed by atoms with Crippen molar-refractivity contribution in [3.8, 4) is 0 Å². The number of carbonyl (C=O) groups excluding carboxylic acids is 1. The van der Waals surface area contributed by atoms with Crippen molar-refractivity contribution >= 4 is 17.9 Å². The zero-order valence-electron chi connectivity index (χ0n) is 20.8. The second-order valence-electron chi connectivity index (χ2n) is 11.6. The predicted octanol–water partition coefficient (Wildman–Crippen LogP) is 5.25. The molecule has 4 bridgehead atoms. The van der Waals surface area contributed by atoms with Crippen LogP contribution >= 0.6 is 11.8 Å². The zero-order chi connectivity index (χ0) is 23.1. The van der Waals surface area contributed by atoms with Crippen molar-refractivity contribution in [2.24, 2.45) is 29.1 Å². The first kappa shape index (κ1) is 23.3. The van der Waals surface area contributed by atoms with Gasteiger partial charge in [-0.25, -0.2) is 4.79 Å². The first-order valence-electron chi connectivity index (χ1n) is 12.7. The SMILES string of the molecule is CC(C)N(C(=O)OCCS[C@@H]1O[C@@]23O[C@@]4(C)CC[C@H]5[C@H](C)CC[C@@H]([C@H]1C)[C@]52C3O4)C(C)C. The van der Waals surface area contributed by atoms with E-state index >= 15 is 0 Å². The Bertz CT molecular complexity index is 755. The van der Waals surface area contributed by atoms with Crippen LogP contribution in [0.3, 0.4) is 0 Å². The topological polar surface area (TPSA) is 57.2 Å². The Balaban J connectivity index is 1.25. The maximum absolute atomic E-state index is 12.5. The maximum atomic E-state index is 12.5. The fourth-order valence-electron chi connectivity index (χ4n) is 7.85. The fourth-order valence-corrected chi connectivity index (χ4v) is 8.97. The molecule has 0 aromatic rings. The minimum Gasteiger partial charge on any atom is -0.449 e. The van der Waals surface area contributed by atoms with Crippen LogP contribution in [0.2, 0.25) is 0 Å². The largest absolute Gasteiger partial charge is 0.449 e. The molecule has 0 aromatic carbocycles. The average molecular weight is 468 g/mol. The van der Waals surface area contributed by atoms with Gasteiger partial charge in [-0.05, 0) is 71.1 Å².